The Balaban J connectivity index is 2.38. The van der Waals surface area contributed by atoms with Gasteiger partial charge in [-0.1, -0.05) is 0 Å². The maximum Gasteiger partial charge on any atom is 0.146 e. The molecule has 2 rings (SSSR count). The number of rotatable bonds is 1. The molecule has 0 amide bonds. The van der Waals surface area contributed by atoms with Crippen molar-refractivity contribution in [1.82, 2.24) is 4.98 Å². The highest BCUT2D eigenvalue weighted by atomic mass is 15.2. The largest absolute Gasteiger partial charge is 0.356 e. The van der Waals surface area contributed by atoms with Crippen LogP contribution in [0.2, 0.25) is 0 Å². The van der Waals surface area contributed by atoms with Gasteiger partial charge in [-0.25, -0.2) is 4.98 Å². The first-order valence-corrected chi connectivity index (χ1v) is 5.85. The van der Waals surface area contributed by atoms with E-state index in [1.54, 1.807) is 0 Å². The van der Waals surface area contributed by atoms with E-state index in [0.29, 0.717) is 5.56 Å². The molecule has 3 heteroatoms. The standard InChI is InChI=1S/C13H17N3/c1-10-8-12(9-14)13(15-11(10)2)16-6-4-3-5-7-16/h8H,3-7H2,1-2H3. The molecule has 0 aromatic carbocycles. The lowest BCUT2D eigenvalue weighted by Gasteiger charge is -2.28. The van der Waals surface area contributed by atoms with E-state index in [-0.39, 0.29) is 0 Å². The van der Waals surface area contributed by atoms with Gasteiger partial charge >= 0.3 is 0 Å². The summed E-state index contributed by atoms with van der Waals surface area (Å²) >= 11 is 0. The molecule has 0 spiro atoms. The van der Waals surface area contributed by atoms with Crippen molar-refractivity contribution in [1.29, 1.82) is 5.26 Å². The predicted octanol–water partition coefficient (Wildman–Crippen LogP) is 2.56. The van der Waals surface area contributed by atoms with Gasteiger partial charge in [0.15, 0.2) is 0 Å². The van der Waals surface area contributed by atoms with Crippen molar-refractivity contribution in [3.63, 3.8) is 0 Å². The summed E-state index contributed by atoms with van der Waals surface area (Å²) < 4.78 is 0. The lowest BCUT2D eigenvalue weighted by molar-refractivity contribution is 0.572. The van der Waals surface area contributed by atoms with E-state index in [1.165, 1.54) is 19.3 Å². The van der Waals surface area contributed by atoms with Crippen molar-refractivity contribution in [2.75, 3.05) is 18.0 Å². The molecule has 16 heavy (non-hydrogen) atoms. The molecule has 0 saturated carbocycles. The summed E-state index contributed by atoms with van der Waals surface area (Å²) in [6.07, 6.45) is 3.71. The maximum absolute atomic E-state index is 9.15. The van der Waals surface area contributed by atoms with Crippen LogP contribution in [0.25, 0.3) is 0 Å². The molecule has 84 valence electrons. The van der Waals surface area contributed by atoms with Crippen molar-refractivity contribution in [2.24, 2.45) is 0 Å². The fourth-order valence-corrected chi connectivity index (χ4v) is 2.12. The lowest BCUT2D eigenvalue weighted by atomic mass is 10.1. The number of anilines is 1. The van der Waals surface area contributed by atoms with Crippen LogP contribution in [-0.4, -0.2) is 18.1 Å². The molecule has 1 saturated heterocycles. The van der Waals surface area contributed by atoms with E-state index >= 15 is 0 Å². The van der Waals surface area contributed by atoms with Gasteiger partial charge in [-0.3, -0.25) is 0 Å². The highest BCUT2D eigenvalue weighted by Crippen LogP contribution is 2.23. The van der Waals surface area contributed by atoms with Crippen LogP contribution in [0.1, 0.15) is 36.1 Å². The second-order valence-corrected chi connectivity index (χ2v) is 4.42. The summed E-state index contributed by atoms with van der Waals surface area (Å²) in [5.74, 6) is 0.880. The summed E-state index contributed by atoms with van der Waals surface area (Å²) in [5, 5.41) is 9.15. The fourth-order valence-electron chi connectivity index (χ4n) is 2.12. The van der Waals surface area contributed by atoms with E-state index in [4.69, 9.17) is 5.26 Å². The number of aryl methyl sites for hydroxylation is 2. The number of hydrogen-bond acceptors (Lipinski definition) is 3. The molecule has 0 radical (unpaired) electrons. The Hall–Kier alpha value is -1.56. The van der Waals surface area contributed by atoms with Gasteiger partial charge in [0.05, 0.1) is 5.56 Å². The van der Waals surface area contributed by atoms with E-state index in [1.807, 2.05) is 19.9 Å². The van der Waals surface area contributed by atoms with Crippen LogP contribution >= 0.6 is 0 Å². The number of piperidine rings is 1. The monoisotopic (exact) mass is 215 g/mol. The number of pyridine rings is 1. The van der Waals surface area contributed by atoms with Crippen LogP contribution in [0.15, 0.2) is 6.07 Å². The predicted molar refractivity (Wildman–Crippen MR) is 64.5 cm³/mol. The zero-order valence-corrected chi connectivity index (χ0v) is 9.95. The van der Waals surface area contributed by atoms with Gasteiger partial charge in [-0.05, 0) is 44.7 Å². The Morgan fingerprint density at radius 3 is 2.56 bits per heavy atom. The Kier molecular flexibility index (Phi) is 3.09. The van der Waals surface area contributed by atoms with E-state index < -0.39 is 0 Å². The first-order valence-electron chi connectivity index (χ1n) is 5.85. The third-order valence-corrected chi connectivity index (χ3v) is 3.22. The normalized spacial score (nSPS) is 15.9. The third kappa shape index (κ3) is 2.01. The second-order valence-electron chi connectivity index (χ2n) is 4.42. The lowest BCUT2D eigenvalue weighted by Crippen LogP contribution is -2.31. The number of aromatic nitrogens is 1. The average molecular weight is 215 g/mol. The number of nitrogens with zero attached hydrogens (tertiary/aromatic N) is 3. The van der Waals surface area contributed by atoms with Crippen molar-refractivity contribution in [2.45, 2.75) is 33.1 Å². The van der Waals surface area contributed by atoms with Crippen LogP contribution in [0.4, 0.5) is 5.82 Å². The zero-order valence-electron chi connectivity index (χ0n) is 9.95. The van der Waals surface area contributed by atoms with E-state index in [2.05, 4.69) is 16.0 Å². The van der Waals surface area contributed by atoms with Gasteiger partial charge in [0.25, 0.3) is 0 Å². The summed E-state index contributed by atoms with van der Waals surface area (Å²) in [4.78, 5) is 6.82. The van der Waals surface area contributed by atoms with Crippen molar-refractivity contribution < 1.29 is 0 Å². The first-order chi connectivity index (χ1) is 7.72. The molecule has 1 aromatic rings. The van der Waals surface area contributed by atoms with Gasteiger partial charge in [0.2, 0.25) is 0 Å². The highest BCUT2D eigenvalue weighted by molar-refractivity contribution is 5.56. The van der Waals surface area contributed by atoms with Crippen LogP contribution < -0.4 is 4.90 Å². The molecule has 0 bridgehead atoms. The fraction of sp³-hybridized carbons (Fsp3) is 0.538. The molecular formula is C13H17N3. The smallest absolute Gasteiger partial charge is 0.146 e. The van der Waals surface area contributed by atoms with Gasteiger partial charge in [-0.15, -0.1) is 0 Å². The zero-order chi connectivity index (χ0) is 11.5. The van der Waals surface area contributed by atoms with Crippen molar-refractivity contribution >= 4 is 5.82 Å². The summed E-state index contributed by atoms with van der Waals surface area (Å²) in [6, 6.07) is 4.21. The Morgan fingerprint density at radius 1 is 1.25 bits per heavy atom. The van der Waals surface area contributed by atoms with Crippen LogP contribution in [0.3, 0.4) is 0 Å². The molecule has 0 unspecified atom stereocenters. The Labute approximate surface area is 96.7 Å². The SMILES string of the molecule is Cc1cc(C#N)c(N2CCCCC2)nc1C. The van der Waals surface area contributed by atoms with Gasteiger partial charge in [0, 0.05) is 18.8 Å². The first kappa shape index (κ1) is 10.9. The third-order valence-electron chi connectivity index (χ3n) is 3.22. The number of hydrogen-bond donors (Lipinski definition) is 0. The molecule has 0 aliphatic carbocycles. The summed E-state index contributed by atoms with van der Waals surface area (Å²) in [6.45, 7) is 6.07. The Morgan fingerprint density at radius 2 is 1.94 bits per heavy atom. The van der Waals surface area contributed by atoms with Crippen molar-refractivity contribution in [3.8, 4) is 6.07 Å². The highest BCUT2D eigenvalue weighted by Gasteiger charge is 2.16. The average Bonchev–Trinajstić information content (AvgIpc) is 2.33. The van der Waals surface area contributed by atoms with Crippen LogP contribution in [0.5, 0.6) is 0 Å². The summed E-state index contributed by atoms with van der Waals surface area (Å²) in [5.41, 5.74) is 2.84. The molecule has 1 aromatic heterocycles. The van der Waals surface area contributed by atoms with Crippen LogP contribution in [-0.2, 0) is 0 Å². The molecule has 0 N–H and O–H groups in total. The molecule has 1 fully saturated rings. The van der Waals surface area contributed by atoms with Crippen molar-refractivity contribution in [3.05, 3.63) is 22.9 Å². The summed E-state index contributed by atoms with van der Waals surface area (Å²) in [7, 11) is 0. The molecule has 3 nitrogen and oxygen atoms in total. The molecule has 0 atom stereocenters. The molecule has 1 aliphatic heterocycles. The van der Waals surface area contributed by atoms with Crippen LogP contribution in [0, 0.1) is 25.2 Å². The topological polar surface area (TPSA) is 39.9 Å². The number of nitriles is 1. The minimum atomic E-state index is 0.713. The minimum absolute atomic E-state index is 0.713. The van der Waals surface area contributed by atoms with Gasteiger partial charge in [0.1, 0.15) is 11.9 Å². The van der Waals surface area contributed by atoms with E-state index in [0.717, 1.165) is 30.2 Å². The Bertz CT molecular complexity index is 426. The molecule has 2 heterocycles. The van der Waals surface area contributed by atoms with Gasteiger partial charge in [-0.2, -0.15) is 5.26 Å². The molecule has 1 aliphatic rings. The van der Waals surface area contributed by atoms with E-state index in [9.17, 15) is 0 Å². The van der Waals surface area contributed by atoms with Gasteiger partial charge < -0.3 is 4.90 Å². The maximum atomic E-state index is 9.15. The second kappa shape index (κ2) is 4.52. The quantitative estimate of drug-likeness (QED) is 0.722. The minimum Gasteiger partial charge on any atom is -0.356 e. The molecular weight excluding hydrogens is 198 g/mol.